The van der Waals surface area contributed by atoms with Crippen molar-refractivity contribution in [3.05, 3.63) is 24.0 Å². The van der Waals surface area contributed by atoms with Crippen LogP contribution in [0.3, 0.4) is 0 Å². The van der Waals surface area contributed by atoms with E-state index in [0.717, 1.165) is 6.42 Å². The van der Waals surface area contributed by atoms with Gasteiger partial charge in [0, 0.05) is 37.0 Å². The van der Waals surface area contributed by atoms with Gasteiger partial charge in [0.25, 0.3) is 0 Å². The van der Waals surface area contributed by atoms with E-state index >= 15 is 0 Å². The standard InChI is InChI=1S/C15H22N2O3S/c1-4-13(3)17(5-2)21(19,20)15-10-14(11-16-12-15)8-6-7-9-18/h10-13,18H,4-5,7,9H2,1-3H3. The minimum atomic E-state index is -3.56. The summed E-state index contributed by atoms with van der Waals surface area (Å²) in [6, 6.07) is 1.46. The molecule has 0 aliphatic carbocycles. The number of aliphatic hydroxyl groups is 1. The highest BCUT2D eigenvalue weighted by Gasteiger charge is 2.27. The number of hydrogen-bond acceptors (Lipinski definition) is 4. The van der Waals surface area contributed by atoms with Gasteiger partial charge in [-0.3, -0.25) is 4.98 Å². The molecule has 21 heavy (non-hydrogen) atoms. The molecule has 1 heterocycles. The van der Waals surface area contributed by atoms with E-state index in [0.29, 0.717) is 18.5 Å². The second-order valence-electron chi connectivity index (χ2n) is 4.65. The van der Waals surface area contributed by atoms with Crippen LogP contribution in [0, 0.1) is 11.8 Å². The zero-order chi connectivity index (χ0) is 15.9. The number of pyridine rings is 1. The lowest BCUT2D eigenvalue weighted by Crippen LogP contribution is -2.38. The Morgan fingerprint density at radius 1 is 1.38 bits per heavy atom. The van der Waals surface area contributed by atoms with E-state index in [1.807, 2.05) is 20.8 Å². The van der Waals surface area contributed by atoms with Crippen LogP contribution in [0.5, 0.6) is 0 Å². The monoisotopic (exact) mass is 310 g/mol. The van der Waals surface area contributed by atoms with E-state index in [-0.39, 0.29) is 17.5 Å². The summed E-state index contributed by atoms with van der Waals surface area (Å²) in [6.07, 6.45) is 3.96. The van der Waals surface area contributed by atoms with Gasteiger partial charge in [-0.25, -0.2) is 8.42 Å². The summed E-state index contributed by atoms with van der Waals surface area (Å²) in [6.45, 7) is 6.06. The number of nitrogens with zero attached hydrogens (tertiary/aromatic N) is 2. The van der Waals surface area contributed by atoms with Gasteiger partial charge in [-0.15, -0.1) is 0 Å². The maximum absolute atomic E-state index is 12.6. The van der Waals surface area contributed by atoms with Crippen LogP contribution in [0.2, 0.25) is 0 Å². The Balaban J connectivity index is 3.14. The molecule has 1 unspecified atom stereocenters. The van der Waals surface area contributed by atoms with Crippen molar-refractivity contribution >= 4 is 10.0 Å². The quantitative estimate of drug-likeness (QED) is 0.811. The van der Waals surface area contributed by atoms with Gasteiger partial charge in [-0.1, -0.05) is 25.7 Å². The van der Waals surface area contributed by atoms with Crippen LogP contribution in [0.15, 0.2) is 23.4 Å². The summed E-state index contributed by atoms with van der Waals surface area (Å²) in [5.41, 5.74) is 0.532. The minimum Gasteiger partial charge on any atom is -0.395 e. The van der Waals surface area contributed by atoms with Crippen molar-refractivity contribution in [1.82, 2.24) is 9.29 Å². The van der Waals surface area contributed by atoms with Gasteiger partial charge in [0.05, 0.1) is 6.61 Å². The van der Waals surface area contributed by atoms with Crippen LogP contribution in [-0.4, -0.2) is 42.0 Å². The van der Waals surface area contributed by atoms with Crippen LogP contribution < -0.4 is 0 Å². The molecule has 0 aliphatic heterocycles. The van der Waals surface area contributed by atoms with Gasteiger partial charge >= 0.3 is 0 Å². The lowest BCUT2D eigenvalue weighted by Gasteiger charge is -2.26. The third-order valence-electron chi connectivity index (χ3n) is 3.18. The van der Waals surface area contributed by atoms with Crippen LogP contribution >= 0.6 is 0 Å². The molecule has 0 bridgehead atoms. The van der Waals surface area contributed by atoms with E-state index in [1.165, 1.54) is 22.8 Å². The summed E-state index contributed by atoms with van der Waals surface area (Å²) in [5, 5.41) is 8.70. The Bertz CT molecular complexity index is 617. The largest absolute Gasteiger partial charge is 0.395 e. The van der Waals surface area contributed by atoms with Crippen LogP contribution in [0.25, 0.3) is 0 Å². The zero-order valence-electron chi connectivity index (χ0n) is 12.7. The first-order valence-corrected chi connectivity index (χ1v) is 8.48. The molecule has 1 aromatic rings. The smallest absolute Gasteiger partial charge is 0.244 e. The first-order valence-electron chi connectivity index (χ1n) is 7.04. The predicted molar refractivity (Wildman–Crippen MR) is 82.1 cm³/mol. The summed E-state index contributed by atoms with van der Waals surface area (Å²) in [5.74, 6) is 5.56. The van der Waals surface area contributed by atoms with Crippen molar-refractivity contribution < 1.29 is 13.5 Å². The molecular weight excluding hydrogens is 288 g/mol. The fourth-order valence-corrected chi connectivity index (χ4v) is 3.61. The Morgan fingerprint density at radius 2 is 2.10 bits per heavy atom. The molecule has 1 N–H and O–H groups in total. The second kappa shape index (κ2) is 8.13. The van der Waals surface area contributed by atoms with Crippen molar-refractivity contribution in [3.63, 3.8) is 0 Å². The fraction of sp³-hybridized carbons (Fsp3) is 0.533. The van der Waals surface area contributed by atoms with Crippen molar-refractivity contribution in [2.45, 2.75) is 44.6 Å². The summed E-state index contributed by atoms with van der Waals surface area (Å²) in [7, 11) is -3.56. The summed E-state index contributed by atoms with van der Waals surface area (Å²) >= 11 is 0. The number of rotatable bonds is 6. The second-order valence-corrected chi connectivity index (χ2v) is 6.54. The molecule has 1 rings (SSSR count). The Hall–Kier alpha value is -1.42. The van der Waals surface area contributed by atoms with E-state index in [4.69, 9.17) is 5.11 Å². The van der Waals surface area contributed by atoms with Gasteiger partial charge in [-0.05, 0) is 19.4 Å². The SMILES string of the molecule is CCC(C)N(CC)S(=O)(=O)c1cncc(C#CCCO)c1. The van der Waals surface area contributed by atoms with Crippen molar-refractivity contribution in [3.8, 4) is 11.8 Å². The maximum Gasteiger partial charge on any atom is 0.244 e. The Labute approximate surface area is 127 Å². The van der Waals surface area contributed by atoms with Crippen molar-refractivity contribution in [2.75, 3.05) is 13.2 Å². The van der Waals surface area contributed by atoms with Crippen molar-refractivity contribution in [1.29, 1.82) is 0 Å². The van der Waals surface area contributed by atoms with E-state index in [9.17, 15) is 8.42 Å². The average Bonchev–Trinajstić information content (AvgIpc) is 2.48. The van der Waals surface area contributed by atoms with Gasteiger partial charge in [0.2, 0.25) is 10.0 Å². The number of aromatic nitrogens is 1. The molecule has 1 atom stereocenters. The van der Waals surface area contributed by atoms with E-state index in [2.05, 4.69) is 16.8 Å². The normalized spacial score (nSPS) is 12.8. The van der Waals surface area contributed by atoms with E-state index < -0.39 is 10.0 Å². The number of aliphatic hydroxyl groups excluding tert-OH is 1. The highest BCUT2D eigenvalue weighted by Crippen LogP contribution is 2.19. The first kappa shape index (κ1) is 17.6. The molecule has 0 saturated carbocycles. The topological polar surface area (TPSA) is 70.5 Å². The number of hydrogen-bond donors (Lipinski definition) is 1. The lowest BCUT2D eigenvalue weighted by atomic mass is 10.3. The highest BCUT2D eigenvalue weighted by atomic mass is 32.2. The molecule has 0 amide bonds. The molecule has 0 aromatic carbocycles. The molecule has 0 radical (unpaired) electrons. The van der Waals surface area contributed by atoms with Crippen molar-refractivity contribution in [2.24, 2.45) is 0 Å². The van der Waals surface area contributed by atoms with Crippen LogP contribution in [0.1, 0.15) is 39.2 Å². The summed E-state index contributed by atoms with van der Waals surface area (Å²) in [4.78, 5) is 4.11. The molecule has 0 spiro atoms. The maximum atomic E-state index is 12.6. The Morgan fingerprint density at radius 3 is 2.67 bits per heavy atom. The average molecular weight is 310 g/mol. The molecule has 5 nitrogen and oxygen atoms in total. The van der Waals surface area contributed by atoms with Gasteiger partial charge in [-0.2, -0.15) is 4.31 Å². The molecular formula is C15H22N2O3S. The first-order chi connectivity index (χ1) is 9.97. The van der Waals surface area contributed by atoms with Gasteiger partial charge in [0.1, 0.15) is 4.90 Å². The zero-order valence-corrected chi connectivity index (χ0v) is 13.5. The molecule has 6 heteroatoms. The molecule has 0 saturated heterocycles. The van der Waals surface area contributed by atoms with Crippen LogP contribution in [0.4, 0.5) is 0 Å². The molecule has 1 aromatic heterocycles. The van der Waals surface area contributed by atoms with E-state index in [1.54, 1.807) is 0 Å². The molecule has 0 fully saturated rings. The fourth-order valence-electron chi connectivity index (χ4n) is 1.91. The Kier molecular flexibility index (Phi) is 6.82. The number of sulfonamides is 1. The minimum absolute atomic E-state index is 0.0178. The van der Waals surface area contributed by atoms with Gasteiger partial charge < -0.3 is 5.11 Å². The summed E-state index contributed by atoms with van der Waals surface area (Å²) < 4.78 is 26.8. The molecule has 0 aliphatic rings. The third kappa shape index (κ3) is 4.53. The van der Waals surface area contributed by atoms with Gasteiger partial charge in [0.15, 0.2) is 0 Å². The van der Waals surface area contributed by atoms with Crippen LogP contribution in [-0.2, 0) is 10.0 Å². The third-order valence-corrected chi connectivity index (χ3v) is 5.24. The lowest BCUT2D eigenvalue weighted by molar-refractivity contribution is 0.305. The molecule has 116 valence electrons. The highest BCUT2D eigenvalue weighted by molar-refractivity contribution is 7.89. The predicted octanol–water partition coefficient (Wildman–Crippen LogP) is 1.62.